The van der Waals surface area contributed by atoms with Crippen molar-refractivity contribution in [2.24, 2.45) is 0 Å². The lowest BCUT2D eigenvalue weighted by Gasteiger charge is -2.26. The fourth-order valence-corrected chi connectivity index (χ4v) is 1.70. The summed E-state index contributed by atoms with van der Waals surface area (Å²) in [5, 5.41) is 8.86. The Balaban J connectivity index is 2.90. The van der Waals surface area contributed by atoms with Crippen molar-refractivity contribution in [2.75, 3.05) is 13.1 Å². The molecule has 17 heavy (non-hydrogen) atoms. The summed E-state index contributed by atoms with van der Waals surface area (Å²) in [7, 11) is 0. The highest BCUT2D eigenvalue weighted by Crippen LogP contribution is 2.19. The number of carboxylic acids is 1. The summed E-state index contributed by atoms with van der Waals surface area (Å²) in [5.41, 5.74) is 1.62. The zero-order valence-electron chi connectivity index (χ0n) is 10.1. The average Bonchev–Trinajstić information content (AvgIpc) is 2.28. The van der Waals surface area contributed by atoms with Gasteiger partial charge in [0.1, 0.15) is 0 Å². The lowest BCUT2D eigenvalue weighted by Crippen LogP contribution is -2.33. The second-order valence-electron chi connectivity index (χ2n) is 3.81. The lowest BCUT2D eigenvalue weighted by molar-refractivity contribution is -0.138. The lowest BCUT2D eigenvalue weighted by atomic mass is 10.1. The third-order valence-electron chi connectivity index (χ3n) is 2.56. The van der Waals surface area contributed by atoms with Crippen LogP contribution in [0.1, 0.15) is 24.4 Å². The number of nitrogens with zero attached hydrogens (tertiary/aromatic N) is 3. The van der Waals surface area contributed by atoms with Crippen LogP contribution < -0.4 is 0 Å². The molecule has 0 bridgehead atoms. The minimum atomic E-state index is -0.861. The van der Waals surface area contributed by atoms with E-state index < -0.39 is 5.97 Å². The van der Waals surface area contributed by atoms with Crippen LogP contribution in [0.25, 0.3) is 0 Å². The number of rotatable bonds is 6. The number of aryl methyl sites for hydroxylation is 1. The molecule has 5 nitrogen and oxygen atoms in total. The molecule has 1 aromatic heterocycles. The molecule has 0 amide bonds. The number of aromatic nitrogens is 2. The average molecular weight is 235 g/mol. The minimum absolute atomic E-state index is 0.0385. The van der Waals surface area contributed by atoms with Crippen LogP contribution in [0.5, 0.6) is 0 Å². The van der Waals surface area contributed by atoms with E-state index in [1.54, 1.807) is 23.4 Å². The van der Waals surface area contributed by atoms with Gasteiger partial charge in [-0.05, 0) is 13.8 Å². The van der Waals surface area contributed by atoms with E-state index in [4.69, 9.17) is 5.11 Å². The summed E-state index contributed by atoms with van der Waals surface area (Å²) in [6, 6.07) is -0.0993. The number of aliphatic carboxylic acids is 1. The molecule has 0 aliphatic carbocycles. The maximum Gasteiger partial charge on any atom is 0.317 e. The van der Waals surface area contributed by atoms with Gasteiger partial charge in [0.25, 0.3) is 0 Å². The van der Waals surface area contributed by atoms with Crippen LogP contribution in [-0.4, -0.2) is 39.0 Å². The molecular formula is C12H17N3O2. The molecule has 0 fully saturated rings. The molecule has 1 unspecified atom stereocenters. The summed E-state index contributed by atoms with van der Waals surface area (Å²) >= 11 is 0. The van der Waals surface area contributed by atoms with Crippen molar-refractivity contribution in [1.82, 2.24) is 14.9 Å². The third-order valence-corrected chi connectivity index (χ3v) is 2.56. The molecule has 1 N–H and O–H groups in total. The van der Waals surface area contributed by atoms with Crippen LogP contribution in [0, 0.1) is 6.92 Å². The molecule has 0 aliphatic heterocycles. The molecule has 1 aromatic rings. The van der Waals surface area contributed by atoms with Crippen molar-refractivity contribution in [3.05, 3.63) is 36.4 Å². The fourth-order valence-electron chi connectivity index (χ4n) is 1.70. The summed E-state index contributed by atoms with van der Waals surface area (Å²) in [4.78, 5) is 21.0. The first-order chi connectivity index (χ1) is 8.06. The molecule has 0 aliphatic rings. The zero-order valence-corrected chi connectivity index (χ0v) is 10.1. The van der Waals surface area contributed by atoms with Crippen LogP contribution in [-0.2, 0) is 4.79 Å². The molecule has 1 rings (SSSR count). The van der Waals surface area contributed by atoms with E-state index >= 15 is 0 Å². The second kappa shape index (κ2) is 6.10. The topological polar surface area (TPSA) is 66.3 Å². The van der Waals surface area contributed by atoms with Gasteiger partial charge in [-0.15, -0.1) is 6.58 Å². The van der Waals surface area contributed by atoms with E-state index in [9.17, 15) is 4.79 Å². The highest BCUT2D eigenvalue weighted by molar-refractivity contribution is 5.69. The minimum Gasteiger partial charge on any atom is -0.480 e. The Kier molecular flexibility index (Phi) is 4.78. The van der Waals surface area contributed by atoms with Gasteiger partial charge in [0, 0.05) is 18.9 Å². The quantitative estimate of drug-likeness (QED) is 0.755. The first-order valence-corrected chi connectivity index (χ1v) is 5.40. The Bertz CT molecular complexity index is 406. The Labute approximate surface area is 101 Å². The molecule has 92 valence electrons. The Morgan fingerprint density at radius 3 is 2.76 bits per heavy atom. The van der Waals surface area contributed by atoms with Crippen molar-refractivity contribution in [1.29, 1.82) is 0 Å². The standard InChI is InChI=1S/C12H17N3O2/c1-4-7-15(8-11(16)17)10(3)12-9(2)13-5-6-14-12/h4-6,10H,1,7-8H2,2-3H3,(H,16,17). The first kappa shape index (κ1) is 13.3. The van der Waals surface area contributed by atoms with Crippen LogP contribution in [0.15, 0.2) is 25.0 Å². The number of hydrogen-bond donors (Lipinski definition) is 1. The molecule has 0 aromatic carbocycles. The molecule has 0 radical (unpaired) electrons. The number of carboxylic acid groups (broad SMARTS) is 1. The summed E-state index contributed by atoms with van der Waals surface area (Å²) < 4.78 is 0. The Hall–Kier alpha value is -1.75. The van der Waals surface area contributed by atoms with E-state index in [1.807, 2.05) is 13.8 Å². The number of carbonyl (C=O) groups is 1. The fraction of sp³-hybridized carbons (Fsp3) is 0.417. The normalized spacial score (nSPS) is 12.4. The van der Waals surface area contributed by atoms with Gasteiger partial charge in [-0.1, -0.05) is 6.08 Å². The monoisotopic (exact) mass is 235 g/mol. The SMILES string of the molecule is C=CCN(CC(=O)O)C(C)c1nccnc1C. The molecule has 1 atom stereocenters. The van der Waals surface area contributed by atoms with Crippen LogP contribution >= 0.6 is 0 Å². The van der Waals surface area contributed by atoms with Crippen LogP contribution in [0.3, 0.4) is 0 Å². The van der Waals surface area contributed by atoms with Gasteiger partial charge in [-0.2, -0.15) is 0 Å². The van der Waals surface area contributed by atoms with E-state index in [0.29, 0.717) is 6.54 Å². The smallest absolute Gasteiger partial charge is 0.317 e. The van der Waals surface area contributed by atoms with Crippen LogP contribution in [0.2, 0.25) is 0 Å². The highest BCUT2D eigenvalue weighted by atomic mass is 16.4. The molecule has 0 saturated carbocycles. The predicted molar refractivity (Wildman–Crippen MR) is 64.6 cm³/mol. The number of hydrogen-bond acceptors (Lipinski definition) is 4. The molecule has 0 saturated heterocycles. The largest absolute Gasteiger partial charge is 0.480 e. The van der Waals surface area contributed by atoms with E-state index in [-0.39, 0.29) is 12.6 Å². The first-order valence-electron chi connectivity index (χ1n) is 5.40. The van der Waals surface area contributed by atoms with Gasteiger partial charge in [-0.3, -0.25) is 19.7 Å². The maximum atomic E-state index is 10.8. The Morgan fingerprint density at radius 2 is 2.24 bits per heavy atom. The summed E-state index contributed by atoms with van der Waals surface area (Å²) in [6.45, 7) is 7.89. The van der Waals surface area contributed by atoms with Gasteiger partial charge in [0.05, 0.1) is 24.0 Å². The molecule has 1 heterocycles. The van der Waals surface area contributed by atoms with Crippen molar-refractivity contribution in [3.63, 3.8) is 0 Å². The third kappa shape index (κ3) is 3.64. The molecule has 5 heteroatoms. The summed E-state index contributed by atoms with van der Waals surface area (Å²) in [6.07, 6.45) is 4.93. The molecule has 0 spiro atoms. The van der Waals surface area contributed by atoms with Crippen molar-refractivity contribution in [2.45, 2.75) is 19.9 Å². The van der Waals surface area contributed by atoms with Crippen molar-refractivity contribution >= 4 is 5.97 Å². The van der Waals surface area contributed by atoms with E-state index in [2.05, 4.69) is 16.5 Å². The zero-order chi connectivity index (χ0) is 12.8. The summed E-state index contributed by atoms with van der Waals surface area (Å²) in [5.74, 6) is -0.861. The van der Waals surface area contributed by atoms with Gasteiger partial charge < -0.3 is 5.11 Å². The van der Waals surface area contributed by atoms with Gasteiger partial charge in [-0.25, -0.2) is 0 Å². The van der Waals surface area contributed by atoms with E-state index in [1.165, 1.54) is 0 Å². The van der Waals surface area contributed by atoms with Crippen molar-refractivity contribution in [3.8, 4) is 0 Å². The Morgan fingerprint density at radius 1 is 1.59 bits per heavy atom. The van der Waals surface area contributed by atoms with E-state index in [0.717, 1.165) is 11.4 Å². The second-order valence-corrected chi connectivity index (χ2v) is 3.81. The van der Waals surface area contributed by atoms with Gasteiger partial charge in [0.2, 0.25) is 0 Å². The van der Waals surface area contributed by atoms with Gasteiger partial charge in [0.15, 0.2) is 0 Å². The van der Waals surface area contributed by atoms with Gasteiger partial charge >= 0.3 is 5.97 Å². The van der Waals surface area contributed by atoms with Crippen molar-refractivity contribution < 1.29 is 9.90 Å². The predicted octanol–water partition coefficient (Wildman–Crippen LogP) is 1.42. The molecular weight excluding hydrogens is 218 g/mol. The maximum absolute atomic E-state index is 10.8. The highest BCUT2D eigenvalue weighted by Gasteiger charge is 2.20. The van der Waals surface area contributed by atoms with Crippen LogP contribution in [0.4, 0.5) is 0 Å².